The number of benzene rings is 3. The fraction of sp³-hybridized carbons (Fsp3) is 0. The second kappa shape index (κ2) is 7.24. The third-order valence-corrected chi connectivity index (χ3v) is 4.10. The maximum atomic E-state index is 10.6. The lowest BCUT2D eigenvalue weighted by Crippen LogP contribution is -2.07. The van der Waals surface area contributed by atoms with Crippen LogP contribution in [0.2, 0.25) is 0 Å². The first-order valence-corrected chi connectivity index (χ1v) is 8.05. The molecule has 7 nitrogen and oxygen atoms in total. The second-order valence-corrected chi connectivity index (χ2v) is 6.02. The van der Waals surface area contributed by atoms with E-state index in [1.807, 2.05) is 12.1 Å². The molecule has 0 heterocycles. The Bertz CT molecular complexity index is 1020. The van der Waals surface area contributed by atoms with Crippen LogP contribution < -0.4 is 0 Å². The molecule has 0 fully saturated rings. The third kappa shape index (κ3) is 3.99. The van der Waals surface area contributed by atoms with Crippen molar-refractivity contribution in [1.82, 2.24) is 0 Å². The van der Waals surface area contributed by atoms with Crippen molar-refractivity contribution in [2.45, 2.75) is 0 Å². The number of fused-ring (bicyclic) bond motifs is 1. The lowest BCUT2D eigenvalue weighted by Gasteiger charge is -2.00. The van der Waals surface area contributed by atoms with Crippen LogP contribution in [0.15, 0.2) is 60.7 Å². The standard InChI is InChI=1S/C12H8O.C9H6O6/c13-10-4-1-8(2-5-10)11-6-3-9-7-12(9)11;10-7(11)4-1-5(8(12)13)3-6(2-4)9(14)15/h1-7,13H;1-3H,(H,10,11)(H,12,13)(H,14,15). The fourth-order valence-electron chi connectivity index (χ4n) is 2.64. The number of carbonyl (C=O) groups is 3. The molecule has 4 N–H and O–H groups in total. The van der Waals surface area contributed by atoms with Crippen molar-refractivity contribution in [2.75, 3.05) is 0 Å². The molecular formula is C21H14O7. The van der Waals surface area contributed by atoms with Gasteiger partial charge in [-0.25, -0.2) is 14.4 Å². The number of hydrogen-bond acceptors (Lipinski definition) is 4. The number of phenols is 1. The van der Waals surface area contributed by atoms with Gasteiger partial charge >= 0.3 is 17.9 Å². The lowest BCUT2D eigenvalue weighted by atomic mass is 10.1. The average molecular weight is 378 g/mol. The van der Waals surface area contributed by atoms with Gasteiger partial charge in [0.25, 0.3) is 0 Å². The zero-order valence-electron chi connectivity index (χ0n) is 14.3. The van der Waals surface area contributed by atoms with Gasteiger partial charge in [0.15, 0.2) is 0 Å². The highest BCUT2D eigenvalue weighted by molar-refractivity contribution is 5.99. The molecule has 2 aromatic rings. The molecule has 0 bridgehead atoms. The average Bonchev–Trinajstić information content (AvgIpc) is 3.32. The Morgan fingerprint density at radius 3 is 1.29 bits per heavy atom. The minimum atomic E-state index is -1.37. The largest absolute Gasteiger partial charge is 0.508 e. The highest BCUT2D eigenvalue weighted by Gasteiger charge is 2.17. The minimum Gasteiger partial charge on any atom is -0.508 e. The summed E-state index contributed by atoms with van der Waals surface area (Å²) in [6, 6.07) is 16.4. The van der Waals surface area contributed by atoms with Gasteiger partial charge in [0.05, 0.1) is 16.7 Å². The summed E-state index contributed by atoms with van der Waals surface area (Å²) in [7, 11) is 0. The van der Waals surface area contributed by atoms with Crippen LogP contribution in [0.1, 0.15) is 31.1 Å². The van der Waals surface area contributed by atoms with Crippen molar-refractivity contribution in [3.63, 3.8) is 0 Å². The van der Waals surface area contributed by atoms with Crippen molar-refractivity contribution in [1.29, 1.82) is 0 Å². The molecule has 0 aliphatic heterocycles. The SMILES string of the molecule is O=C(O)c1cc(C(=O)O)cc(C(=O)O)c1.Oc1ccc(-c2ccc3cc2-3)cc1. The summed E-state index contributed by atoms with van der Waals surface area (Å²) in [6.45, 7) is 0. The first-order valence-electron chi connectivity index (χ1n) is 8.05. The topological polar surface area (TPSA) is 132 Å². The van der Waals surface area contributed by atoms with Crippen molar-refractivity contribution in [3.05, 3.63) is 77.4 Å². The van der Waals surface area contributed by atoms with Gasteiger partial charge in [-0.1, -0.05) is 24.3 Å². The number of hydrogen-bond donors (Lipinski definition) is 4. The predicted octanol–water partition coefficient (Wildman–Crippen LogP) is 3.82. The summed E-state index contributed by atoms with van der Waals surface area (Å²) in [5, 5.41) is 35.0. The minimum absolute atomic E-state index is 0.320. The van der Waals surface area contributed by atoms with Crippen LogP contribution in [0.3, 0.4) is 0 Å². The van der Waals surface area contributed by atoms with Gasteiger partial charge < -0.3 is 20.4 Å². The summed E-state index contributed by atoms with van der Waals surface area (Å²) < 4.78 is 0. The number of phenolic OH excluding ortho intramolecular Hbond substituents is 1. The molecule has 0 aromatic heterocycles. The predicted molar refractivity (Wildman–Crippen MR) is 99.9 cm³/mol. The van der Waals surface area contributed by atoms with Gasteiger partial charge in [0.1, 0.15) is 5.75 Å². The second-order valence-electron chi connectivity index (χ2n) is 6.02. The molecule has 0 spiro atoms. The highest BCUT2D eigenvalue weighted by atomic mass is 16.4. The number of carboxylic acids is 3. The van der Waals surface area contributed by atoms with Gasteiger partial charge in [0, 0.05) is 0 Å². The molecule has 0 amide bonds. The first-order chi connectivity index (χ1) is 13.3. The molecule has 2 aromatic carbocycles. The number of aromatic carboxylic acids is 3. The summed E-state index contributed by atoms with van der Waals surface area (Å²) in [5.74, 6) is -3.80. The molecule has 4 rings (SSSR count). The molecule has 0 atom stereocenters. The Morgan fingerprint density at radius 2 is 0.964 bits per heavy atom. The molecular weight excluding hydrogens is 364 g/mol. The van der Waals surface area contributed by atoms with E-state index >= 15 is 0 Å². The Kier molecular flexibility index (Phi) is 4.82. The number of aromatic hydroxyl groups is 1. The highest BCUT2D eigenvalue weighted by Crippen LogP contribution is 2.43. The first kappa shape index (κ1) is 18.7. The molecule has 0 unspecified atom stereocenters. The zero-order valence-corrected chi connectivity index (χ0v) is 14.3. The maximum Gasteiger partial charge on any atom is 0.335 e. The monoisotopic (exact) mass is 378 g/mol. The lowest BCUT2D eigenvalue weighted by molar-refractivity contribution is 0.0696. The zero-order chi connectivity index (χ0) is 20.4. The molecule has 2 aliphatic rings. The summed E-state index contributed by atoms with van der Waals surface area (Å²) in [4.78, 5) is 31.7. The van der Waals surface area contributed by atoms with E-state index in [-0.39, 0.29) is 16.7 Å². The molecule has 140 valence electrons. The van der Waals surface area contributed by atoms with Crippen LogP contribution in [0.4, 0.5) is 0 Å². The van der Waals surface area contributed by atoms with Crippen molar-refractivity contribution in [3.8, 4) is 28.0 Å². The van der Waals surface area contributed by atoms with Gasteiger partial charge in [-0.05, 0) is 58.7 Å². The van der Waals surface area contributed by atoms with Crippen LogP contribution in [0.5, 0.6) is 5.75 Å². The van der Waals surface area contributed by atoms with E-state index in [0.717, 1.165) is 18.2 Å². The van der Waals surface area contributed by atoms with E-state index < -0.39 is 17.9 Å². The molecule has 0 saturated carbocycles. The van der Waals surface area contributed by atoms with Gasteiger partial charge in [-0.15, -0.1) is 0 Å². The smallest absolute Gasteiger partial charge is 0.335 e. The number of rotatable bonds is 4. The summed E-state index contributed by atoms with van der Waals surface area (Å²) >= 11 is 0. The van der Waals surface area contributed by atoms with Crippen molar-refractivity contribution < 1.29 is 34.8 Å². The van der Waals surface area contributed by atoms with Crippen molar-refractivity contribution >= 4 is 17.9 Å². The third-order valence-electron chi connectivity index (χ3n) is 4.10. The van der Waals surface area contributed by atoms with Crippen LogP contribution >= 0.6 is 0 Å². The number of carboxylic acid groups (broad SMARTS) is 3. The van der Waals surface area contributed by atoms with Crippen LogP contribution in [0.25, 0.3) is 22.3 Å². The summed E-state index contributed by atoms with van der Waals surface area (Å²) in [5.41, 5.74) is 4.04. The van der Waals surface area contributed by atoms with E-state index in [4.69, 9.17) is 20.4 Å². The Balaban J connectivity index is 0.000000162. The normalized spacial score (nSPS) is 10.4. The quantitative estimate of drug-likeness (QED) is 0.424. The van der Waals surface area contributed by atoms with E-state index in [9.17, 15) is 14.4 Å². The van der Waals surface area contributed by atoms with E-state index in [1.54, 1.807) is 12.1 Å². The molecule has 0 radical (unpaired) electrons. The van der Waals surface area contributed by atoms with Gasteiger partial charge in [0.2, 0.25) is 0 Å². The van der Waals surface area contributed by atoms with Gasteiger partial charge in [-0.3, -0.25) is 0 Å². The molecule has 28 heavy (non-hydrogen) atoms. The Morgan fingerprint density at radius 1 is 0.536 bits per heavy atom. The van der Waals surface area contributed by atoms with Crippen LogP contribution in [0, 0.1) is 0 Å². The summed E-state index contributed by atoms with van der Waals surface area (Å²) in [6.07, 6.45) is 0. The molecule has 0 saturated heterocycles. The van der Waals surface area contributed by atoms with Crippen LogP contribution in [-0.4, -0.2) is 38.3 Å². The molecule has 7 heteroatoms. The molecule has 2 aliphatic carbocycles. The Hall–Kier alpha value is -4.13. The van der Waals surface area contributed by atoms with E-state index in [0.29, 0.717) is 5.75 Å². The van der Waals surface area contributed by atoms with E-state index in [2.05, 4.69) is 18.2 Å². The van der Waals surface area contributed by atoms with Gasteiger partial charge in [-0.2, -0.15) is 0 Å². The van der Waals surface area contributed by atoms with Crippen molar-refractivity contribution in [2.24, 2.45) is 0 Å². The van der Waals surface area contributed by atoms with E-state index in [1.165, 1.54) is 22.3 Å². The van der Waals surface area contributed by atoms with Crippen LogP contribution in [-0.2, 0) is 0 Å². The maximum absolute atomic E-state index is 10.6. The Labute approximate surface area is 158 Å². The fourth-order valence-corrected chi connectivity index (χ4v) is 2.64.